The van der Waals surface area contributed by atoms with Crippen molar-refractivity contribution in [1.82, 2.24) is 9.80 Å². The lowest BCUT2D eigenvalue weighted by Gasteiger charge is -2.39. The van der Waals surface area contributed by atoms with Crippen molar-refractivity contribution in [2.75, 3.05) is 26.7 Å². The fourth-order valence-electron chi connectivity index (χ4n) is 2.11. The second-order valence-electron chi connectivity index (χ2n) is 4.75. The first-order valence-electron chi connectivity index (χ1n) is 6.32. The van der Waals surface area contributed by atoms with E-state index in [4.69, 9.17) is 5.73 Å². The maximum Gasteiger partial charge on any atom is 0.224 e. The molecule has 0 spiro atoms. The van der Waals surface area contributed by atoms with Crippen LogP contribution in [0.25, 0.3) is 0 Å². The molecule has 1 fully saturated rings. The number of likely N-dealkylation sites (N-methyl/N-ethyl adjacent to an activating group) is 1. The number of piperazine rings is 1. The standard InChI is InChI=1S/C12H25N3O/c1-4-10(13)8-12(16)15-7-6-14(3)11(5-2)9-15/h10-11H,4-9,13H2,1-3H3. The summed E-state index contributed by atoms with van der Waals surface area (Å²) in [7, 11) is 2.13. The average Bonchev–Trinajstić information content (AvgIpc) is 2.29. The summed E-state index contributed by atoms with van der Waals surface area (Å²) in [6.45, 7) is 6.89. The van der Waals surface area contributed by atoms with Gasteiger partial charge in [0, 0.05) is 38.1 Å². The third-order valence-electron chi connectivity index (χ3n) is 3.56. The summed E-state index contributed by atoms with van der Waals surface area (Å²) in [5.74, 6) is 0.223. The van der Waals surface area contributed by atoms with Gasteiger partial charge in [0.2, 0.25) is 5.91 Å². The smallest absolute Gasteiger partial charge is 0.224 e. The minimum atomic E-state index is 0.0206. The van der Waals surface area contributed by atoms with E-state index >= 15 is 0 Å². The largest absolute Gasteiger partial charge is 0.340 e. The molecule has 0 aromatic heterocycles. The maximum absolute atomic E-state index is 12.0. The lowest BCUT2D eigenvalue weighted by molar-refractivity contribution is -0.134. The van der Waals surface area contributed by atoms with Crippen molar-refractivity contribution in [1.29, 1.82) is 0 Å². The Morgan fingerprint density at radius 3 is 2.69 bits per heavy atom. The zero-order valence-electron chi connectivity index (χ0n) is 10.8. The molecule has 0 aromatic rings. The molecule has 4 heteroatoms. The van der Waals surface area contributed by atoms with Gasteiger partial charge in [-0.25, -0.2) is 0 Å². The molecule has 1 aliphatic heterocycles. The van der Waals surface area contributed by atoms with Gasteiger partial charge in [-0.15, -0.1) is 0 Å². The molecule has 1 rings (SSSR count). The summed E-state index contributed by atoms with van der Waals surface area (Å²) < 4.78 is 0. The van der Waals surface area contributed by atoms with E-state index in [-0.39, 0.29) is 11.9 Å². The van der Waals surface area contributed by atoms with E-state index in [1.165, 1.54) is 0 Å². The molecule has 94 valence electrons. The van der Waals surface area contributed by atoms with Gasteiger partial charge in [-0.05, 0) is 19.9 Å². The van der Waals surface area contributed by atoms with Crippen LogP contribution in [0.3, 0.4) is 0 Å². The molecule has 0 radical (unpaired) electrons. The third-order valence-corrected chi connectivity index (χ3v) is 3.56. The van der Waals surface area contributed by atoms with E-state index < -0.39 is 0 Å². The molecule has 4 nitrogen and oxygen atoms in total. The lowest BCUT2D eigenvalue weighted by Crippen LogP contribution is -2.53. The van der Waals surface area contributed by atoms with Crippen LogP contribution < -0.4 is 5.73 Å². The molecule has 2 atom stereocenters. The fraction of sp³-hybridized carbons (Fsp3) is 0.917. The Morgan fingerprint density at radius 1 is 1.44 bits per heavy atom. The molecule has 1 aliphatic rings. The monoisotopic (exact) mass is 227 g/mol. The Balaban J connectivity index is 2.45. The number of amides is 1. The number of rotatable bonds is 4. The molecule has 0 bridgehead atoms. The van der Waals surface area contributed by atoms with Crippen LogP contribution >= 0.6 is 0 Å². The summed E-state index contributed by atoms with van der Waals surface area (Å²) >= 11 is 0. The third kappa shape index (κ3) is 3.46. The van der Waals surface area contributed by atoms with Gasteiger partial charge in [-0.2, -0.15) is 0 Å². The summed E-state index contributed by atoms with van der Waals surface area (Å²) in [5, 5.41) is 0. The number of carbonyl (C=O) groups is 1. The molecule has 0 aromatic carbocycles. The van der Waals surface area contributed by atoms with Crippen molar-refractivity contribution >= 4 is 5.91 Å². The molecule has 2 unspecified atom stereocenters. The summed E-state index contributed by atoms with van der Waals surface area (Å²) in [5.41, 5.74) is 5.82. The van der Waals surface area contributed by atoms with Crippen LogP contribution in [0.15, 0.2) is 0 Å². The van der Waals surface area contributed by atoms with Crippen molar-refractivity contribution in [2.24, 2.45) is 5.73 Å². The number of nitrogens with two attached hydrogens (primary N) is 1. The highest BCUT2D eigenvalue weighted by atomic mass is 16.2. The quantitative estimate of drug-likeness (QED) is 0.768. The first kappa shape index (κ1) is 13.5. The highest BCUT2D eigenvalue weighted by Gasteiger charge is 2.26. The van der Waals surface area contributed by atoms with Crippen molar-refractivity contribution < 1.29 is 4.79 Å². The Hall–Kier alpha value is -0.610. The van der Waals surface area contributed by atoms with E-state index in [1.807, 2.05) is 11.8 Å². The molecule has 16 heavy (non-hydrogen) atoms. The number of hydrogen-bond acceptors (Lipinski definition) is 3. The van der Waals surface area contributed by atoms with Crippen molar-refractivity contribution in [3.8, 4) is 0 Å². The van der Waals surface area contributed by atoms with E-state index in [1.54, 1.807) is 0 Å². The minimum Gasteiger partial charge on any atom is -0.340 e. The van der Waals surface area contributed by atoms with E-state index in [0.717, 1.165) is 32.5 Å². The second kappa shape index (κ2) is 6.21. The Bertz CT molecular complexity index is 232. The zero-order valence-corrected chi connectivity index (χ0v) is 10.8. The summed E-state index contributed by atoms with van der Waals surface area (Å²) in [6, 6.07) is 0.530. The van der Waals surface area contributed by atoms with Crippen LogP contribution in [0.1, 0.15) is 33.1 Å². The fourth-order valence-corrected chi connectivity index (χ4v) is 2.11. The van der Waals surface area contributed by atoms with Crippen LogP contribution in [0, 0.1) is 0 Å². The first-order chi connectivity index (χ1) is 7.58. The molecule has 1 heterocycles. The predicted molar refractivity (Wildman–Crippen MR) is 66.2 cm³/mol. The molecular weight excluding hydrogens is 202 g/mol. The van der Waals surface area contributed by atoms with Gasteiger partial charge >= 0.3 is 0 Å². The number of carbonyl (C=O) groups excluding carboxylic acids is 1. The maximum atomic E-state index is 12.0. The van der Waals surface area contributed by atoms with Gasteiger partial charge in [-0.1, -0.05) is 13.8 Å². The van der Waals surface area contributed by atoms with Crippen LogP contribution in [-0.2, 0) is 4.79 Å². The van der Waals surface area contributed by atoms with Gasteiger partial charge in [0.05, 0.1) is 0 Å². The van der Waals surface area contributed by atoms with Crippen molar-refractivity contribution in [2.45, 2.75) is 45.2 Å². The van der Waals surface area contributed by atoms with Gasteiger partial charge in [0.15, 0.2) is 0 Å². The van der Waals surface area contributed by atoms with Crippen molar-refractivity contribution in [3.63, 3.8) is 0 Å². The normalized spacial score (nSPS) is 24.5. The lowest BCUT2D eigenvalue weighted by atomic mass is 10.1. The van der Waals surface area contributed by atoms with E-state index in [9.17, 15) is 4.79 Å². The molecule has 1 saturated heterocycles. The predicted octanol–water partition coefficient (Wildman–Crippen LogP) is 0.666. The van der Waals surface area contributed by atoms with Crippen LogP contribution in [-0.4, -0.2) is 54.5 Å². The number of nitrogens with zero attached hydrogens (tertiary/aromatic N) is 2. The highest BCUT2D eigenvalue weighted by molar-refractivity contribution is 5.77. The van der Waals surface area contributed by atoms with E-state index in [2.05, 4.69) is 18.9 Å². The Kier molecular flexibility index (Phi) is 5.22. The van der Waals surface area contributed by atoms with Gasteiger partial charge < -0.3 is 10.6 Å². The van der Waals surface area contributed by atoms with E-state index in [0.29, 0.717) is 12.5 Å². The van der Waals surface area contributed by atoms with Crippen LogP contribution in [0.5, 0.6) is 0 Å². The SMILES string of the molecule is CCC(N)CC(=O)N1CCN(C)C(CC)C1. The Morgan fingerprint density at radius 2 is 2.12 bits per heavy atom. The number of hydrogen-bond donors (Lipinski definition) is 1. The molecule has 0 aliphatic carbocycles. The van der Waals surface area contributed by atoms with Crippen LogP contribution in [0.4, 0.5) is 0 Å². The Labute approximate surface area is 98.8 Å². The average molecular weight is 227 g/mol. The summed E-state index contributed by atoms with van der Waals surface area (Å²) in [6.07, 6.45) is 2.47. The van der Waals surface area contributed by atoms with Gasteiger partial charge in [0.1, 0.15) is 0 Å². The molecule has 0 saturated carbocycles. The molecular formula is C12H25N3O. The minimum absolute atomic E-state index is 0.0206. The van der Waals surface area contributed by atoms with Crippen molar-refractivity contribution in [3.05, 3.63) is 0 Å². The van der Waals surface area contributed by atoms with Gasteiger partial charge in [0.25, 0.3) is 0 Å². The van der Waals surface area contributed by atoms with Gasteiger partial charge in [-0.3, -0.25) is 9.69 Å². The molecule has 1 amide bonds. The molecule has 2 N–H and O–H groups in total. The van der Waals surface area contributed by atoms with Crippen LogP contribution in [0.2, 0.25) is 0 Å². The topological polar surface area (TPSA) is 49.6 Å². The zero-order chi connectivity index (χ0) is 12.1. The summed E-state index contributed by atoms with van der Waals surface area (Å²) in [4.78, 5) is 16.3. The highest BCUT2D eigenvalue weighted by Crippen LogP contribution is 2.12. The second-order valence-corrected chi connectivity index (χ2v) is 4.75. The first-order valence-corrected chi connectivity index (χ1v) is 6.32.